The fraction of sp³-hybridized carbons (Fsp3) is 0.562. The number of aromatic carboxylic acids is 1. The lowest BCUT2D eigenvalue weighted by molar-refractivity contribution is 0.0672. The monoisotopic (exact) mass is 293 g/mol. The van der Waals surface area contributed by atoms with E-state index in [1.165, 1.54) is 0 Å². The van der Waals surface area contributed by atoms with E-state index >= 15 is 0 Å². The molecule has 0 amide bonds. The second-order valence-corrected chi connectivity index (χ2v) is 5.60. The number of aliphatic hydroxyl groups excluding tert-OH is 1. The fourth-order valence-corrected chi connectivity index (χ4v) is 2.65. The number of piperidine rings is 1. The van der Waals surface area contributed by atoms with Crippen LogP contribution in [0.25, 0.3) is 0 Å². The number of nitrogens with zero attached hydrogens (tertiary/aromatic N) is 1. The van der Waals surface area contributed by atoms with Crippen molar-refractivity contribution in [2.75, 3.05) is 26.2 Å². The van der Waals surface area contributed by atoms with Gasteiger partial charge in [0.15, 0.2) is 0 Å². The number of likely N-dealkylation sites (tertiary alicyclic amines) is 1. The highest BCUT2D eigenvalue weighted by molar-refractivity contribution is 5.87. The minimum Gasteiger partial charge on any atom is -0.492 e. The van der Waals surface area contributed by atoms with Gasteiger partial charge in [0, 0.05) is 6.54 Å². The first-order chi connectivity index (χ1) is 10.1. The highest BCUT2D eigenvalue weighted by Crippen LogP contribution is 2.20. The molecule has 2 rings (SSSR count). The van der Waals surface area contributed by atoms with Gasteiger partial charge >= 0.3 is 5.97 Å². The van der Waals surface area contributed by atoms with E-state index in [4.69, 9.17) is 9.84 Å². The smallest absolute Gasteiger partial charge is 0.335 e. The summed E-state index contributed by atoms with van der Waals surface area (Å²) in [6, 6.07) is 6.46. The summed E-state index contributed by atoms with van der Waals surface area (Å²) < 4.78 is 5.63. The lowest BCUT2D eigenvalue weighted by Crippen LogP contribution is -2.39. The number of ether oxygens (including phenoxy) is 1. The lowest BCUT2D eigenvalue weighted by atomic mass is 9.92. The van der Waals surface area contributed by atoms with Crippen LogP contribution in [0.2, 0.25) is 0 Å². The Kier molecular flexibility index (Phi) is 5.59. The molecule has 1 saturated heterocycles. The summed E-state index contributed by atoms with van der Waals surface area (Å²) in [5.41, 5.74) is 0.266. The maximum atomic E-state index is 10.7. The first-order valence-electron chi connectivity index (χ1n) is 7.43. The lowest BCUT2D eigenvalue weighted by Gasteiger charge is -2.33. The SMILES string of the molecule is CC(O)C1CCN(CCOc2ccc(C(=O)O)cc2)CC1. The van der Waals surface area contributed by atoms with E-state index < -0.39 is 5.97 Å². The molecule has 21 heavy (non-hydrogen) atoms. The molecule has 1 unspecified atom stereocenters. The van der Waals surface area contributed by atoms with Crippen LogP contribution in [0.4, 0.5) is 0 Å². The van der Waals surface area contributed by atoms with Crippen molar-refractivity contribution in [1.29, 1.82) is 0 Å². The molecule has 0 bridgehead atoms. The van der Waals surface area contributed by atoms with Gasteiger partial charge < -0.3 is 14.9 Å². The van der Waals surface area contributed by atoms with Crippen LogP contribution in [-0.4, -0.2) is 53.4 Å². The highest BCUT2D eigenvalue weighted by Gasteiger charge is 2.22. The van der Waals surface area contributed by atoms with Gasteiger partial charge in [-0.1, -0.05) is 0 Å². The number of hydrogen-bond acceptors (Lipinski definition) is 4. The Bertz CT molecular complexity index is 450. The molecule has 0 radical (unpaired) electrons. The minimum atomic E-state index is -0.928. The quantitative estimate of drug-likeness (QED) is 0.837. The zero-order valence-electron chi connectivity index (χ0n) is 12.4. The van der Waals surface area contributed by atoms with E-state index in [0.717, 1.165) is 32.5 Å². The Hall–Kier alpha value is -1.59. The van der Waals surface area contributed by atoms with Gasteiger partial charge in [-0.3, -0.25) is 4.90 Å². The summed E-state index contributed by atoms with van der Waals surface area (Å²) in [4.78, 5) is 13.1. The van der Waals surface area contributed by atoms with Crippen LogP contribution in [-0.2, 0) is 0 Å². The fourth-order valence-electron chi connectivity index (χ4n) is 2.65. The topological polar surface area (TPSA) is 70.0 Å². The van der Waals surface area contributed by atoms with Crippen molar-refractivity contribution in [2.45, 2.75) is 25.9 Å². The Morgan fingerprint density at radius 2 is 1.95 bits per heavy atom. The normalized spacial score (nSPS) is 18.4. The van der Waals surface area contributed by atoms with Crippen molar-refractivity contribution in [2.24, 2.45) is 5.92 Å². The third-order valence-electron chi connectivity index (χ3n) is 4.09. The zero-order valence-corrected chi connectivity index (χ0v) is 12.4. The number of rotatable bonds is 6. The molecule has 0 saturated carbocycles. The average Bonchev–Trinajstić information content (AvgIpc) is 2.48. The predicted octanol–water partition coefficient (Wildman–Crippen LogP) is 1.86. The summed E-state index contributed by atoms with van der Waals surface area (Å²) in [5, 5.41) is 18.4. The Labute approximate surface area is 125 Å². The molecule has 0 aromatic heterocycles. The van der Waals surface area contributed by atoms with Gasteiger partial charge in [0.1, 0.15) is 12.4 Å². The van der Waals surface area contributed by atoms with Gasteiger partial charge in [-0.15, -0.1) is 0 Å². The van der Waals surface area contributed by atoms with Crippen LogP contribution in [0, 0.1) is 5.92 Å². The molecular formula is C16H23NO4. The van der Waals surface area contributed by atoms with Crippen LogP contribution < -0.4 is 4.74 Å². The molecule has 1 heterocycles. The molecule has 1 aliphatic heterocycles. The molecule has 1 aliphatic rings. The van der Waals surface area contributed by atoms with Crippen molar-refractivity contribution in [3.8, 4) is 5.75 Å². The van der Waals surface area contributed by atoms with E-state index in [2.05, 4.69) is 4.90 Å². The third-order valence-corrected chi connectivity index (χ3v) is 4.09. The molecule has 0 aliphatic carbocycles. The van der Waals surface area contributed by atoms with Crippen molar-refractivity contribution >= 4 is 5.97 Å². The van der Waals surface area contributed by atoms with Crippen molar-refractivity contribution < 1.29 is 19.7 Å². The first-order valence-corrected chi connectivity index (χ1v) is 7.43. The van der Waals surface area contributed by atoms with E-state index in [1.54, 1.807) is 24.3 Å². The predicted molar refractivity (Wildman–Crippen MR) is 79.7 cm³/mol. The molecule has 1 aromatic carbocycles. The molecule has 116 valence electrons. The van der Waals surface area contributed by atoms with E-state index in [9.17, 15) is 9.90 Å². The van der Waals surface area contributed by atoms with Gasteiger partial charge in [0.25, 0.3) is 0 Å². The summed E-state index contributed by atoms with van der Waals surface area (Å²) in [5.74, 6) is 0.187. The van der Waals surface area contributed by atoms with E-state index in [-0.39, 0.29) is 11.7 Å². The molecule has 0 spiro atoms. The molecule has 1 fully saturated rings. The summed E-state index contributed by atoms with van der Waals surface area (Å²) in [7, 11) is 0. The highest BCUT2D eigenvalue weighted by atomic mass is 16.5. The van der Waals surface area contributed by atoms with Crippen LogP contribution in [0.3, 0.4) is 0 Å². The number of aliphatic hydroxyl groups is 1. The summed E-state index contributed by atoms with van der Waals surface area (Å²) in [6.07, 6.45) is 1.85. The molecule has 2 N–H and O–H groups in total. The summed E-state index contributed by atoms with van der Waals surface area (Å²) >= 11 is 0. The number of benzene rings is 1. The maximum Gasteiger partial charge on any atom is 0.335 e. The average molecular weight is 293 g/mol. The Morgan fingerprint density at radius 1 is 1.33 bits per heavy atom. The second kappa shape index (κ2) is 7.43. The number of hydrogen-bond donors (Lipinski definition) is 2. The number of carboxylic acid groups (broad SMARTS) is 1. The molecule has 5 nitrogen and oxygen atoms in total. The molecule has 5 heteroatoms. The third kappa shape index (κ3) is 4.72. The standard InChI is InChI=1S/C16H23NO4/c1-12(18)13-6-8-17(9-7-13)10-11-21-15-4-2-14(3-5-15)16(19)20/h2-5,12-13,18H,6-11H2,1H3,(H,19,20). The first kappa shape index (κ1) is 15.8. The van der Waals surface area contributed by atoms with Gasteiger partial charge in [-0.05, 0) is 63.0 Å². The van der Waals surface area contributed by atoms with Gasteiger partial charge in [-0.2, -0.15) is 0 Å². The molecule has 1 atom stereocenters. The Balaban J connectivity index is 1.69. The van der Waals surface area contributed by atoms with Crippen LogP contribution in [0.15, 0.2) is 24.3 Å². The van der Waals surface area contributed by atoms with Crippen LogP contribution >= 0.6 is 0 Å². The van der Waals surface area contributed by atoms with E-state index in [0.29, 0.717) is 18.3 Å². The Morgan fingerprint density at radius 3 is 2.48 bits per heavy atom. The zero-order chi connectivity index (χ0) is 15.2. The maximum absolute atomic E-state index is 10.7. The van der Waals surface area contributed by atoms with E-state index in [1.807, 2.05) is 6.92 Å². The summed E-state index contributed by atoms with van der Waals surface area (Å²) in [6.45, 7) is 5.30. The molecule has 1 aromatic rings. The largest absolute Gasteiger partial charge is 0.492 e. The molecular weight excluding hydrogens is 270 g/mol. The van der Waals surface area contributed by atoms with Crippen molar-refractivity contribution in [3.05, 3.63) is 29.8 Å². The van der Waals surface area contributed by atoms with Crippen molar-refractivity contribution in [1.82, 2.24) is 4.90 Å². The number of carboxylic acids is 1. The van der Waals surface area contributed by atoms with Gasteiger partial charge in [0.2, 0.25) is 0 Å². The van der Waals surface area contributed by atoms with Gasteiger partial charge in [0.05, 0.1) is 11.7 Å². The van der Waals surface area contributed by atoms with Gasteiger partial charge in [-0.25, -0.2) is 4.79 Å². The minimum absolute atomic E-state index is 0.212. The number of carbonyl (C=O) groups is 1. The van der Waals surface area contributed by atoms with Crippen molar-refractivity contribution in [3.63, 3.8) is 0 Å². The second-order valence-electron chi connectivity index (χ2n) is 5.60. The van der Waals surface area contributed by atoms with Crippen LogP contribution in [0.5, 0.6) is 5.75 Å². The van der Waals surface area contributed by atoms with Crippen LogP contribution in [0.1, 0.15) is 30.1 Å².